The van der Waals surface area contributed by atoms with Crippen LogP contribution in [0.4, 0.5) is 0 Å². The minimum Gasteiger partial charge on any atom is -0.381 e. The summed E-state index contributed by atoms with van der Waals surface area (Å²) in [5.41, 5.74) is -1.32. The number of carbonyl (C=O) groups excluding carboxylic acids is 2. The topological polar surface area (TPSA) is 69.6 Å². The number of nitrogens with zero attached hydrogens (tertiary/aromatic N) is 1. The van der Waals surface area contributed by atoms with E-state index >= 15 is 0 Å². The van der Waals surface area contributed by atoms with Gasteiger partial charge < -0.3 is 15.3 Å². The van der Waals surface area contributed by atoms with E-state index in [1.165, 1.54) is 13.8 Å². The molecule has 1 fully saturated rings. The average molecular weight is 228 g/mol. The van der Waals surface area contributed by atoms with Crippen LogP contribution in [0.2, 0.25) is 0 Å². The molecule has 0 radical (unpaired) electrons. The highest BCUT2D eigenvalue weighted by Crippen LogP contribution is 2.19. The van der Waals surface area contributed by atoms with E-state index in [9.17, 15) is 14.7 Å². The Balaban J connectivity index is 2.49. The summed E-state index contributed by atoms with van der Waals surface area (Å²) in [7, 11) is 1.62. The second kappa shape index (κ2) is 4.82. The second-order valence-electron chi connectivity index (χ2n) is 4.74. The van der Waals surface area contributed by atoms with Crippen LogP contribution in [0, 0.1) is 5.92 Å². The molecule has 0 spiro atoms. The highest BCUT2D eigenvalue weighted by molar-refractivity contribution is 5.84. The summed E-state index contributed by atoms with van der Waals surface area (Å²) < 4.78 is 0. The van der Waals surface area contributed by atoms with Crippen LogP contribution in [0.15, 0.2) is 0 Å². The minimum absolute atomic E-state index is 0.00384. The third-order valence-electron chi connectivity index (χ3n) is 2.92. The molecule has 2 N–H and O–H groups in total. The van der Waals surface area contributed by atoms with Gasteiger partial charge in [0.1, 0.15) is 5.60 Å². The number of rotatable bonds is 2. The first-order valence-electron chi connectivity index (χ1n) is 5.59. The highest BCUT2D eigenvalue weighted by Gasteiger charge is 2.33. The minimum atomic E-state index is -1.32. The van der Waals surface area contributed by atoms with Crippen LogP contribution in [0.1, 0.15) is 26.7 Å². The Hall–Kier alpha value is -1.10. The summed E-state index contributed by atoms with van der Waals surface area (Å²) in [5.74, 6) is -0.228. The van der Waals surface area contributed by atoms with Crippen LogP contribution < -0.4 is 5.32 Å². The van der Waals surface area contributed by atoms with Crippen molar-refractivity contribution in [1.29, 1.82) is 0 Å². The van der Waals surface area contributed by atoms with Crippen molar-refractivity contribution in [2.75, 3.05) is 20.1 Å². The van der Waals surface area contributed by atoms with E-state index in [0.717, 1.165) is 0 Å². The molecule has 0 aliphatic carbocycles. The van der Waals surface area contributed by atoms with Gasteiger partial charge in [-0.05, 0) is 26.7 Å². The molecule has 0 aromatic rings. The molecule has 1 heterocycles. The summed E-state index contributed by atoms with van der Waals surface area (Å²) in [4.78, 5) is 24.7. The van der Waals surface area contributed by atoms with E-state index in [0.29, 0.717) is 25.9 Å². The van der Waals surface area contributed by atoms with Crippen molar-refractivity contribution in [2.24, 2.45) is 5.92 Å². The molecule has 0 aromatic heterocycles. The van der Waals surface area contributed by atoms with Gasteiger partial charge in [-0.1, -0.05) is 0 Å². The van der Waals surface area contributed by atoms with Gasteiger partial charge in [0.15, 0.2) is 0 Å². The van der Waals surface area contributed by atoms with Gasteiger partial charge in [0.25, 0.3) is 5.91 Å². The zero-order chi connectivity index (χ0) is 12.3. The van der Waals surface area contributed by atoms with Crippen molar-refractivity contribution in [3.05, 3.63) is 0 Å². The quantitative estimate of drug-likeness (QED) is 0.684. The monoisotopic (exact) mass is 228 g/mol. The highest BCUT2D eigenvalue weighted by atomic mass is 16.3. The normalized spacial score (nSPS) is 18.4. The Morgan fingerprint density at radius 2 is 1.81 bits per heavy atom. The molecule has 1 aliphatic heterocycles. The number of nitrogens with one attached hydrogen (secondary N) is 1. The molecule has 1 aliphatic rings. The first-order chi connectivity index (χ1) is 7.36. The van der Waals surface area contributed by atoms with E-state index in [1.54, 1.807) is 11.9 Å². The SMILES string of the molecule is CNC(=O)C1CCN(C(=O)C(C)(C)O)CC1. The van der Waals surface area contributed by atoms with Crippen molar-refractivity contribution in [1.82, 2.24) is 10.2 Å². The van der Waals surface area contributed by atoms with Gasteiger partial charge in [-0.3, -0.25) is 9.59 Å². The van der Waals surface area contributed by atoms with Gasteiger partial charge in [-0.2, -0.15) is 0 Å². The smallest absolute Gasteiger partial charge is 0.253 e. The Bertz CT molecular complexity index is 275. The lowest BCUT2D eigenvalue weighted by Gasteiger charge is -2.34. The van der Waals surface area contributed by atoms with Gasteiger partial charge in [0.2, 0.25) is 5.91 Å². The molecule has 1 saturated heterocycles. The van der Waals surface area contributed by atoms with Crippen molar-refractivity contribution in [2.45, 2.75) is 32.3 Å². The Labute approximate surface area is 95.8 Å². The molecule has 1 rings (SSSR count). The summed E-state index contributed by atoms with van der Waals surface area (Å²) >= 11 is 0. The lowest BCUT2D eigenvalue weighted by atomic mass is 9.94. The molecule has 92 valence electrons. The molecule has 5 heteroatoms. The number of piperidine rings is 1. The zero-order valence-corrected chi connectivity index (χ0v) is 10.1. The number of amides is 2. The largest absolute Gasteiger partial charge is 0.381 e. The molecule has 0 bridgehead atoms. The Morgan fingerprint density at radius 1 is 1.31 bits per heavy atom. The Morgan fingerprint density at radius 3 is 2.19 bits per heavy atom. The van der Waals surface area contributed by atoms with Crippen molar-refractivity contribution in [3.8, 4) is 0 Å². The Kier molecular flexibility index (Phi) is 3.91. The summed E-state index contributed by atoms with van der Waals surface area (Å²) in [5, 5.41) is 12.2. The van der Waals surface area contributed by atoms with Gasteiger partial charge in [-0.25, -0.2) is 0 Å². The van der Waals surface area contributed by atoms with Gasteiger partial charge in [0, 0.05) is 26.1 Å². The molecule has 0 aromatic carbocycles. The van der Waals surface area contributed by atoms with Gasteiger partial charge in [0.05, 0.1) is 0 Å². The standard InChI is InChI=1S/C11H20N2O3/c1-11(2,16)10(15)13-6-4-8(5-7-13)9(14)12-3/h8,16H,4-7H2,1-3H3,(H,12,14). The maximum absolute atomic E-state index is 11.7. The third-order valence-corrected chi connectivity index (χ3v) is 2.92. The first-order valence-corrected chi connectivity index (χ1v) is 5.59. The van der Waals surface area contributed by atoms with Crippen LogP contribution in [0.25, 0.3) is 0 Å². The number of hydrogen-bond donors (Lipinski definition) is 2. The van der Waals surface area contributed by atoms with Crippen LogP contribution in [-0.4, -0.2) is 47.6 Å². The van der Waals surface area contributed by atoms with Gasteiger partial charge >= 0.3 is 0 Å². The van der Waals surface area contributed by atoms with Crippen molar-refractivity contribution >= 4 is 11.8 Å². The molecule has 16 heavy (non-hydrogen) atoms. The van der Waals surface area contributed by atoms with E-state index in [1.807, 2.05) is 0 Å². The second-order valence-corrected chi connectivity index (χ2v) is 4.74. The fourth-order valence-corrected chi connectivity index (χ4v) is 1.94. The van der Waals surface area contributed by atoms with E-state index in [4.69, 9.17) is 0 Å². The van der Waals surface area contributed by atoms with E-state index < -0.39 is 5.60 Å². The van der Waals surface area contributed by atoms with Crippen molar-refractivity contribution in [3.63, 3.8) is 0 Å². The fourth-order valence-electron chi connectivity index (χ4n) is 1.94. The lowest BCUT2D eigenvalue weighted by Crippen LogP contribution is -2.49. The first kappa shape index (κ1) is 13.0. The molecule has 5 nitrogen and oxygen atoms in total. The molecule has 0 atom stereocenters. The molecule has 2 amide bonds. The molecular formula is C11H20N2O3. The number of hydrogen-bond acceptors (Lipinski definition) is 3. The van der Waals surface area contributed by atoms with E-state index in [-0.39, 0.29) is 17.7 Å². The zero-order valence-electron chi connectivity index (χ0n) is 10.1. The van der Waals surface area contributed by atoms with Crippen molar-refractivity contribution < 1.29 is 14.7 Å². The fraction of sp³-hybridized carbons (Fsp3) is 0.818. The average Bonchev–Trinajstić information content (AvgIpc) is 2.26. The van der Waals surface area contributed by atoms with Crippen LogP contribution in [0.5, 0.6) is 0 Å². The van der Waals surface area contributed by atoms with Crippen LogP contribution in [-0.2, 0) is 9.59 Å². The predicted octanol–water partition coefficient (Wildman–Crippen LogP) is -0.258. The number of carbonyl (C=O) groups is 2. The van der Waals surface area contributed by atoms with Crippen LogP contribution >= 0.6 is 0 Å². The molecule has 0 saturated carbocycles. The lowest BCUT2D eigenvalue weighted by molar-refractivity contribution is -0.150. The predicted molar refractivity (Wildman–Crippen MR) is 59.7 cm³/mol. The molecule has 0 unspecified atom stereocenters. The van der Waals surface area contributed by atoms with Gasteiger partial charge in [-0.15, -0.1) is 0 Å². The van der Waals surface area contributed by atoms with Crippen LogP contribution in [0.3, 0.4) is 0 Å². The maximum Gasteiger partial charge on any atom is 0.253 e. The maximum atomic E-state index is 11.7. The van der Waals surface area contributed by atoms with E-state index in [2.05, 4.69) is 5.32 Å². The molecular weight excluding hydrogens is 208 g/mol. The summed E-state index contributed by atoms with van der Waals surface area (Å²) in [6.07, 6.45) is 1.34. The number of likely N-dealkylation sites (tertiary alicyclic amines) is 1. The third kappa shape index (κ3) is 2.95. The summed E-state index contributed by atoms with van der Waals surface area (Å²) in [6, 6.07) is 0. The number of aliphatic hydroxyl groups is 1. The summed E-state index contributed by atoms with van der Waals surface area (Å²) in [6.45, 7) is 4.06.